The molecule has 34 heavy (non-hydrogen) atoms. The fourth-order valence-corrected chi connectivity index (χ4v) is 4.28. The molecule has 1 aliphatic rings. The molecule has 9 nitrogen and oxygen atoms in total. The molecule has 0 bridgehead atoms. The SMILES string of the molecule is CC(C)(COc1cccc2c1C(N)=NS(O)(O)N2)NC(=O)c1ccnc(-c2cccc(F)c2)c1. The van der Waals surface area contributed by atoms with Gasteiger partial charge in [-0.05, 0) is 61.2 Å². The molecule has 6 N–H and O–H groups in total. The minimum Gasteiger partial charge on any atom is -0.490 e. The van der Waals surface area contributed by atoms with Crippen LogP contribution in [0.5, 0.6) is 5.75 Å². The lowest BCUT2D eigenvalue weighted by Crippen LogP contribution is -2.48. The predicted molar refractivity (Wildman–Crippen MR) is 130 cm³/mol. The Kier molecular flexibility index (Phi) is 6.17. The van der Waals surface area contributed by atoms with Crippen LogP contribution in [-0.4, -0.2) is 38.0 Å². The molecule has 0 atom stereocenters. The van der Waals surface area contributed by atoms with Gasteiger partial charge in [-0.2, -0.15) is 0 Å². The van der Waals surface area contributed by atoms with Crippen molar-refractivity contribution in [1.82, 2.24) is 10.3 Å². The monoisotopic (exact) mass is 485 g/mol. The van der Waals surface area contributed by atoms with E-state index in [0.717, 1.165) is 0 Å². The van der Waals surface area contributed by atoms with E-state index >= 15 is 0 Å². The summed E-state index contributed by atoms with van der Waals surface area (Å²) in [6.45, 7) is 3.67. The van der Waals surface area contributed by atoms with Gasteiger partial charge in [0.25, 0.3) is 5.91 Å². The number of hydrogen-bond donors (Lipinski definition) is 5. The quantitative estimate of drug-likeness (QED) is 0.352. The molecule has 0 radical (unpaired) electrons. The molecule has 1 amide bonds. The normalized spacial score (nSPS) is 15.4. The second-order valence-corrected chi connectivity index (χ2v) is 9.77. The molecule has 1 aromatic heterocycles. The number of nitrogens with zero attached hydrogens (tertiary/aromatic N) is 2. The van der Waals surface area contributed by atoms with Crippen LogP contribution in [0.1, 0.15) is 29.8 Å². The maximum Gasteiger partial charge on any atom is 0.251 e. The van der Waals surface area contributed by atoms with Crippen molar-refractivity contribution < 1.29 is 23.0 Å². The van der Waals surface area contributed by atoms with Crippen LogP contribution in [0.3, 0.4) is 0 Å². The fraction of sp³-hybridized carbons (Fsp3) is 0.174. The zero-order chi connectivity index (χ0) is 24.5. The average molecular weight is 486 g/mol. The van der Waals surface area contributed by atoms with Gasteiger partial charge in [0.15, 0.2) is 5.84 Å². The van der Waals surface area contributed by atoms with Crippen LogP contribution >= 0.6 is 11.0 Å². The largest absolute Gasteiger partial charge is 0.490 e. The van der Waals surface area contributed by atoms with Crippen molar-refractivity contribution in [2.75, 3.05) is 11.3 Å². The van der Waals surface area contributed by atoms with Crippen LogP contribution in [0, 0.1) is 5.82 Å². The van der Waals surface area contributed by atoms with Crippen LogP contribution in [0.25, 0.3) is 11.3 Å². The van der Waals surface area contributed by atoms with Gasteiger partial charge in [0.1, 0.15) is 18.2 Å². The van der Waals surface area contributed by atoms with E-state index in [9.17, 15) is 18.3 Å². The molecule has 2 aromatic carbocycles. The molecule has 0 spiro atoms. The summed E-state index contributed by atoms with van der Waals surface area (Å²) in [5.41, 5.74) is 7.33. The molecule has 0 saturated carbocycles. The summed E-state index contributed by atoms with van der Waals surface area (Å²) < 4.78 is 45.3. The zero-order valence-corrected chi connectivity index (χ0v) is 19.3. The van der Waals surface area contributed by atoms with E-state index in [1.54, 1.807) is 56.3 Å². The fourth-order valence-electron chi connectivity index (χ4n) is 3.41. The highest BCUT2D eigenvalue weighted by atomic mass is 32.3. The van der Waals surface area contributed by atoms with E-state index in [1.165, 1.54) is 18.3 Å². The van der Waals surface area contributed by atoms with Crippen LogP contribution in [0.4, 0.5) is 10.1 Å². The lowest BCUT2D eigenvalue weighted by atomic mass is 10.0. The van der Waals surface area contributed by atoms with Gasteiger partial charge in [-0.25, -0.2) is 4.39 Å². The number of halogens is 1. The van der Waals surface area contributed by atoms with Gasteiger partial charge in [0.2, 0.25) is 0 Å². The van der Waals surface area contributed by atoms with Crippen molar-refractivity contribution in [3.63, 3.8) is 0 Å². The van der Waals surface area contributed by atoms with Crippen LogP contribution < -0.4 is 20.5 Å². The molecule has 0 unspecified atom stereocenters. The molecular weight excluding hydrogens is 461 g/mol. The van der Waals surface area contributed by atoms with Gasteiger partial charge >= 0.3 is 0 Å². The summed E-state index contributed by atoms with van der Waals surface area (Å²) in [7, 11) is -3.40. The Labute approximate surface area is 197 Å². The summed E-state index contributed by atoms with van der Waals surface area (Å²) in [4.78, 5) is 17.1. The van der Waals surface area contributed by atoms with Crippen molar-refractivity contribution >= 4 is 28.4 Å². The van der Waals surface area contributed by atoms with E-state index < -0.39 is 16.5 Å². The van der Waals surface area contributed by atoms with E-state index in [1.807, 2.05) is 0 Å². The number of benzene rings is 2. The molecule has 11 heteroatoms. The molecule has 178 valence electrons. The lowest BCUT2D eigenvalue weighted by Gasteiger charge is -2.34. The third-order valence-corrected chi connectivity index (χ3v) is 5.88. The minimum absolute atomic E-state index is 0.0622. The van der Waals surface area contributed by atoms with Crippen molar-refractivity contribution in [2.45, 2.75) is 19.4 Å². The number of amidine groups is 1. The topological polar surface area (TPSA) is 142 Å². The number of carbonyl (C=O) groups excluding carboxylic acids is 1. The van der Waals surface area contributed by atoms with Crippen LogP contribution in [0.2, 0.25) is 0 Å². The van der Waals surface area contributed by atoms with Gasteiger partial charge < -0.3 is 15.8 Å². The van der Waals surface area contributed by atoms with E-state index in [4.69, 9.17) is 10.5 Å². The zero-order valence-electron chi connectivity index (χ0n) is 18.4. The molecule has 0 fully saturated rings. The Hall–Kier alpha value is -3.67. The molecule has 3 aromatic rings. The van der Waals surface area contributed by atoms with Crippen molar-refractivity contribution in [1.29, 1.82) is 0 Å². The number of hydrogen-bond acceptors (Lipinski definition) is 8. The number of rotatable bonds is 6. The number of amides is 1. The Bertz CT molecular complexity index is 1280. The average Bonchev–Trinajstić information content (AvgIpc) is 2.76. The minimum atomic E-state index is -3.40. The molecule has 2 heterocycles. The third kappa shape index (κ3) is 5.28. The predicted octanol–water partition coefficient (Wildman–Crippen LogP) is 4.19. The van der Waals surface area contributed by atoms with Crippen LogP contribution in [0.15, 0.2) is 65.2 Å². The highest BCUT2D eigenvalue weighted by molar-refractivity contribution is 8.24. The first-order chi connectivity index (χ1) is 16.0. The second kappa shape index (κ2) is 8.93. The Morgan fingerprint density at radius 1 is 1.21 bits per heavy atom. The first-order valence-corrected chi connectivity index (χ1v) is 11.8. The van der Waals surface area contributed by atoms with Gasteiger partial charge in [-0.15, -0.1) is 4.40 Å². The lowest BCUT2D eigenvalue weighted by molar-refractivity contribution is 0.0880. The summed E-state index contributed by atoms with van der Waals surface area (Å²) in [5.74, 6) is -0.421. The number of pyridine rings is 1. The molecule has 1 aliphatic heterocycles. The molecule has 0 aliphatic carbocycles. The number of ether oxygens (including phenoxy) is 1. The van der Waals surface area contributed by atoms with Gasteiger partial charge in [0.05, 0.1) is 22.5 Å². The summed E-state index contributed by atoms with van der Waals surface area (Å²) in [5, 5.41) is 2.92. The summed E-state index contributed by atoms with van der Waals surface area (Å²) >= 11 is 0. The third-order valence-electron chi connectivity index (χ3n) is 4.94. The molecule has 0 saturated heterocycles. The van der Waals surface area contributed by atoms with Gasteiger partial charge in [-0.3, -0.25) is 23.6 Å². The first-order valence-electron chi connectivity index (χ1n) is 10.3. The van der Waals surface area contributed by atoms with Crippen molar-refractivity contribution in [2.24, 2.45) is 10.1 Å². The summed E-state index contributed by atoms with van der Waals surface area (Å²) in [6, 6.07) is 14.1. The van der Waals surface area contributed by atoms with E-state index in [2.05, 4.69) is 19.4 Å². The van der Waals surface area contributed by atoms with Crippen molar-refractivity contribution in [3.05, 3.63) is 77.7 Å². The molecular formula is C23H24FN5O4S. The first kappa shape index (κ1) is 23.5. The Morgan fingerprint density at radius 3 is 2.74 bits per heavy atom. The van der Waals surface area contributed by atoms with E-state index in [0.29, 0.717) is 33.8 Å². The Balaban J connectivity index is 1.47. The number of carbonyl (C=O) groups is 1. The summed E-state index contributed by atoms with van der Waals surface area (Å²) in [6.07, 6.45) is 1.49. The number of aromatic nitrogens is 1. The highest BCUT2D eigenvalue weighted by Crippen LogP contribution is 2.46. The standard InChI is InChI=1S/C23H24FN5O4S/c1-23(2,13-33-19-8-4-7-17-20(19)21(25)29-34(31,32)28-17)27-22(30)15-9-10-26-18(12-15)14-5-3-6-16(24)11-14/h3-12,28,31-32H,13H2,1-2H3,(H2,25,29)(H,27,30). The number of nitrogens with two attached hydrogens (primary N) is 1. The van der Waals surface area contributed by atoms with E-state index in [-0.39, 0.29) is 24.2 Å². The number of fused-ring (bicyclic) bond motifs is 1. The maximum atomic E-state index is 13.6. The maximum absolute atomic E-state index is 13.6. The molecule has 4 rings (SSSR count). The smallest absolute Gasteiger partial charge is 0.251 e. The van der Waals surface area contributed by atoms with Gasteiger partial charge in [-0.1, -0.05) is 18.2 Å². The van der Waals surface area contributed by atoms with Crippen molar-refractivity contribution in [3.8, 4) is 17.0 Å². The number of nitrogens with one attached hydrogen (secondary N) is 2. The Morgan fingerprint density at radius 2 is 1.97 bits per heavy atom. The van der Waals surface area contributed by atoms with Crippen LogP contribution in [-0.2, 0) is 0 Å². The highest BCUT2D eigenvalue weighted by Gasteiger charge is 2.27. The van der Waals surface area contributed by atoms with Gasteiger partial charge in [0, 0.05) is 17.3 Å². The second-order valence-electron chi connectivity index (χ2n) is 8.34. The number of anilines is 1.